The number of nitrogens with zero attached hydrogens (tertiary/aromatic N) is 1. The van der Waals surface area contributed by atoms with Crippen molar-refractivity contribution in [2.75, 3.05) is 26.0 Å². The molecule has 0 aliphatic heterocycles. The molecular weight excluding hydrogens is 278 g/mol. The Morgan fingerprint density at radius 1 is 1.23 bits per heavy atom. The predicted octanol–water partition coefficient (Wildman–Crippen LogP) is 2.49. The van der Waals surface area contributed by atoms with Crippen LogP contribution in [0, 0.1) is 0 Å². The monoisotopic (exact) mass is 299 g/mol. The second-order valence-electron chi connectivity index (χ2n) is 4.89. The van der Waals surface area contributed by atoms with Crippen LogP contribution in [-0.4, -0.2) is 31.6 Å². The smallest absolute Gasteiger partial charge is 0.251 e. The van der Waals surface area contributed by atoms with Crippen LogP contribution in [0.1, 0.15) is 22.3 Å². The first-order valence-corrected chi connectivity index (χ1v) is 7.28. The van der Waals surface area contributed by atoms with Gasteiger partial charge in [-0.25, -0.2) is 4.98 Å². The number of pyridine rings is 1. The molecule has 116 valence electrons. The van der Waals surface area contributed by atoms with Crippen LogP contribution in [0.5, 0.6) is 5.75 Å². The van der Waals surface area contributed by atoms with Gasteiger partial charge in [-0.15, -0.1) is 0 Å². The minimum absolute atomic E-state index is 0.0753. The zero-order valence-corrected chi connectivity index (χ0v) is 12.9. The lowest BCUT2D eigenvalue weighted by Crippen LogP contribution is -2.24. The Labute approximate surface area is 130 Å². The fourth-order valence-corrected chi connectivity index (χ4v) is 2.10. The van der Waals surface area contributed by atoms with Crippen molar-refractivity contribution in [1.29, 1.82) is 0 Å². The number of rotatable bonds is 7. The summed E-state index contributed by atoms with van der Waals surface area (Å²) < 4.78 is 5.13. The van der Waals surface area contributed by atoms with E-state index in [4.69, 9.17) is 4.74 Å². The first-order chi connectivity index (χ1) is 10.7. The van der Waals surface area contributed by atoms with Gasteiger partial charge in [0.1, 0.15) is 11.6 Å². The molecule has 2 rings (SSSR count). The molecule has 0 saturated heterocycles. The van der Waals surface area contributed by atoms with E-state index in [2.05, 4.69) is 15.6 Å². The van der Waals surface area contributed by atoms with E-state index < -0.39 is 0 Å². The van der Waals surface area contributed by atoms with Gasteiger partial charge in [0.15, 0.2) is 0 Å². The molecule has 2 aromatic rings. The summed E-state index contributed by atoms with van der Waals surface area (Å²) in [5, 5.41) is 5.84. The predicted molar refractivity (Wildman–Crippen MR) is 87.4 cm³/mol. The van der Waals surface area contributed by atoms with Crippen LogP contribution < -0.4 is 15.4 Å². The molecule has 0 fully saturated rings. The molecule has 0 spiro atoms. The Morgan fingerprint density at radius 2 is 2.00 bits per heavy atom. The van der Waals surface area contributed by atoms with E-state index in [0.29, 0.717) is 17.9 Å². The van der Waals surface area contributed by atoms with E-state index in [0.717, 1.165) is 18.6 Å². The summed E-state index contributed by atoms with van der Waals surface area (Å²) >= 11 is 0. The summed E-state index contributed by atoms with van der Waals surface area (Å²) in [7, 11) is 3.43. The Bertz CT molecular complexity index is 612. The van der Waals surface area contributed by atoms with E-state index in [1.54, 1.807) is 32.5 Å². The number of aryl methyl sites for hydroxylation is 1. The highest BCUT2D eigenvalue weighted by atomic mass is 16.5. The van der Waals surface area contributed by atoms with Crippen molar-refractivity contribution in [2.45, 2.75) is 12.8 Å². The zero-order valence-electron chi connectivity index (χ0n) is 12.9. The number of aromatic nitrogens is 1. The van der Waals surface area contributed by atoms with Crippen LogP contribution in [0.15, 0.2) is 42.6 Å². The molecule has 0 aliphatic rings. The summed E-state index contributed by atoms with van der Waals surface area (Å²) in [5.41, 5.74) is 1.85. The number of benzene rings is 1. The van der Waals surface area contributed by atoms with E-state index in [1.807, 2.05) is 24.3 Å². The van der Waals surface area contributed by atoms with Gasteiger partial charge in [-0.1, -0.05) is 12.1 Å². The van der Waals surface area contributed by atoms with Gasteiger partial charge < -0.3 is 15.4 Å². The van der Waals surface area contributed by atoms with E-state index >= 15 is 0 Å². The number of nitrogens with one attached hydrogen (secondary N) is 2. The highest BCUT2D eigenvalue weighted by Crippen LogP contribution is 2.12. The van der Waals surface area contributed by atoms with Gasteiger partial charge >= 0.3 is 0 Å². The SMILES string of the molecule is CNc1cc(C(=O)NCCCc2ccc(OC)cc2)ccn1. The third kappa shape index (κ3) is 4.48. The minimum atomic E-state index is -0.0753. The van der Waals surface area contributed by atoms with E-state index in [9.17, 15) is 4.79 Å². The zero-order chi connectivity index (χ0) is 15.8. The van der Waals surface area contributed by atoms with E-state index in [1.165, 1.54) is 5.56 Å². The Hall–Kier alpha value is -2.56. The summed E-state index contributed by atoms with van der Waals surface area (Å²) in [4.78, 5) is 16.1. The number of methoxy groups -OCH3 is 1. The van der Waals surface area contributed by atoms with Gasteiger partial charge in [-0.2, -0.15) is 0 Å². The fourth-order valence-electron chi connectivity index (χ4n) is 2.10. The number of amides is 1. The van der Waals surface area contributed by atoms with Crippen molar-refractivity contribution in [3.63, 3.8) is 0 Å². The topological polar surface area (TPSA) is 63.2 Å². The molecule has 1 heterocycles. The quantitative estimate of drug-likeness (QED) is 0.771. The molecule has 0 saturated carbocycles. The van der Waals surface area contributed by atoms with Crippen LogP contribution in [0.3, 0.4) is 0 Å². The summed E-state index contributed by atoms with van der Waals surface area (Å²) in [5.74, 6) is 1.47. The molecular formula is C17H21N3O2. The number of ether oxygens (including phenoxy) is 1. The molecule has 0 bridgehead atoms. The molecule has 0 aliphatic carbocycles. The molecule has 2 N–H and O–H groups in total. The number of anilines is 1. The van der Waals surface area contributed by atoms with Gasteiger partial charge in [0, 0.05) is 25.4 Å². The van der Waals surface area contributed by atoms with E-state index in [-0.39, 0.29) is 5.91 Å². The molecule has 0 unspecified atom stereocenters. The maximum absolute atomic E-state index is 12.0. The molecule has 1 aromatic carbocycles. The van der Waals surface area contributed by atoms with Crippen molar-refractivity contribution in [3.05, 3.63) is 53.7 Å². The Balaban J connectivity index is 1.76. The molecule has 5 heteroatoms. The second kappa shape index (κ2) is 8.02. The lowest BCUT2D eigenvalue weighted by molar-refractivity contribution is 0.0953. The maximum atomic E-state index is 12.0. The number of hydrogen-bond acceptors (Lipinski definition) is 4. The third-order valence-corrected chi connectivity index (χ3v) is 3.37. The van der Waals surface area contributed by atoms with Gasteiger partial charge in [-0.3, -0.25) is 4.79 Å². The lowest BCUT2D eigenvalue weighted by atomic mass is 10.1. The van der Waals surface area contributed by atoms with Crippen molar-refractivity contribution in [2.24, 2.45) is 0 Å². The van der Waals surface area contributed by atoms with Crippen molar-refractivity contribution in [3.8, 4) is 5.75 Å². The summed E-state index contributed by atoms with van der Waals surface area (Å²) in [6.07, 6.45) is 3.43. The van der Waals surface area contributed by atoms with Crippen molar-refractivity contribution >= 4 is 11.7 Å². The van der Waals surface area contributed by atoms with Crippen LogP contribution in [-0.2, 0) is 6.42 Å². The lowest BCUT2D eigenvalue weighted by Gasteiger charge is -2.07. The normalized spacial score (nSPS) is 10.1. The first kappa shape index (κ1) is 15.8. The highest BCUT2D eigenvalue weighted by Gasteiger charge is 2.05. The second-order valence-corrected chi connectivity index (χ2v) is 4.89. The van der Waals surface area contributed by atoms with Gasteiger partial charge in [-0.05, 0) is 42.7 Å². The average molecular weight is 299 g/mol. The van der Waals surface area contributed by atoms with Crippen LogP contribution in [0.25, 0.3) is 0 Å². The fraction of sp³-hybridized carbons (Fsp3) is 0.294. The van der Waals surface area contributed by atoms with Crippen molar-refractivity contribution in [1.82, 2.24) is 10.3 Å². The summed E-state index contributed by atoms with van der Waals surface area (Å²) in [6, 6.07) is 11.4. The van der Waals surface area contributed by atoms with Gasteiger partial charge in [0.05, 0.1) is 7.11 Å². The van der Waals surface area contributed by atoms with Gasteiger partial charge in [0.2, 0.25) is 0 Å². The van der Waals surface area contributed by atoms with Crippen LogP contribution >= 0.6 is 0 Å². The summed E-state index contributed by atoms with van der Waals surface area (Å²) in [6.45, 7) is 0.641. The molecule has 5 nitrogen and oxygen atoms in total. The largest absolute Gasteiger partial charge is 0.497 e. The average Bonchev–Trinajstić information content (AvgIpc) is 2.59. The molecule has 22 heavy (non-hydrogen) atoms. The highest BCUT2D eigenvalue weighted by molar-refractivity contribution is 5.94. The van der Waals surface area contributed by atoms with Crippen molar-refractivity contribution < 1.29 is 9.53 Å². The standard InChI is InChI=1S/C17H21N3O2/c1-18-16-12-14(9-11-19-16)17(21)20-10-3-4-13-5-7-15(22-2)8-6-13/h5-9,11-12H,3-4,10H2,1-2H3,(H,18,19)(H,20,21). The first-order valence-electron chi connectivity index (χ1n) is 7.28. The molecule has 1 aromatic heterocycles. The molecule has 1 amide bonds. The molecule has 0 atom stereocenters. The number of carbonyl (C=O) groups excluding carboxylic acids is 1. The number of hydrogen-bond donors (Lipinski definition) is 2. The molecule has 0 radical (unpaired) electrons. The minimum Gasteiger partial charge on any atom is -0.497 e. The maximum Gasteiger partial charge on any atom is 0.251 e. The number of carbonyl (C=O) groups is 1. The Morgan fingerprint density at radius 3 is 2.68 bits per heavy atom. The Kier molecular flexibility index (Phi) is 5.77. The van der Waals surface area contributed by atoms with Gasteiger partial charge in [0.25, 0.3) is 5.91 Å². The third-order valence-electron chi connectivity index (χ3n) is 3.37. The van der Waals surface area contributed by atoms with Crippen LogP contribution in [0.2, 0.25) is 0 Å². The van der Waals surface area contributed by atoms with Crippen LogP contribution in [0.4, 0.5) is 5.82 Å².